The predicted octanol–water partition coefficient (Wildman–Crippen LogP) is 4.18. The number of fused-ring (bicyclic) bond motifs is 1. The molecule has 0 spiro atoms. The Kier molecular flexibility index (Phi) is 5.62. The van der Waals surface area contributed by atoms with Crippen molar-refractivity contribution >= 4 is 23.3 Å². The summed E-state index contributed by atoms with van der Waals surface area (Å²) in [6, 6.07) is 12.9. The van der Waals surface area contributed by atoms with Crippen LogP contribution in [0.2, 0.25) is 5.02 Å². The Morgan fingerprint density at radius 2 is 1.91 bits per heavy atom. The van der Waals surface area contributed by atoms with Gasteiger partial charge in [0, 0.05) is 40.1 Å². The van der Waals surface area contributed by atoms with Crippen LogP contribution in [-0.2, 0) is 4.79 Å². The van der Waals surface area contributed by atoms with E-state index >= 15 is 0 Å². The van der Waals surface area contributed by atoms with Crippen LogP contribution >= 0.6 is 11.6 Å². The van der Waals surface area contributed by atoms with E-state index in [1.54, 1.807) is 32.5 Å². The van der Waals surface area contributed by atoms with Gasteiger partial charge in [-0.3, -0.25) is 4.79 Å². The number of halogens is 1. The van der Waals surface area contributed by atoms with Crippen LogP contribution in [0, 0.1) is 6.92 Å². The van der Waals surface area contributed by atoms with Crippen LogP contribution in [0.4, 0.5) is 5.82 Å². The van der Waals surface area contributed by atoms with Crippen LogP contribution in [0.15, 0.2) is 48.7 Å². The van der Waals surface area contributed by atoms with Gasteiger partial charge in [0.05, 0.1) is 31.8 Å². The first-order valence-corrected chi connectivity index (χ1v) is 10.9. The quantitative estimate of drug-likeness (QED) is 0.460. The van der Waals surface area contributed by atoms with E-state index in [2.05, 4.69) is 25.6 Å². The molecule has 2 aromatic heterocycles. The molecule has 10 heteroatoms. The fourth-order valence-electron chi connectivity index (χ4n) is 4.21. The number of methoxy groups -OCH3 is 2. The molecule has 34 heavy (non-hydrogen) atoms. The standard InChI is InChI=1S/C24H21ClN6O3/c1-13-22-18(17-9-8-16(33-2)10-20(17)34-3)11-21(32)28-23(22)31(30-13)24-27-19(12-26-29-24)14-4-6-15(25)7-5-14/h4-10,12,18H,11H2,1-3H3,(H,28,32). The van der Waals surface area contributed by atoms with Crippen LogP contribution in [0.1, 0.15) is 29.2 Å². The lowest BCUT2D eigenvalue weighted by Crippen LogP contribution is -2.25. The fraction of sp³-hybridized carbons (Fsp3) is 0.208. The molecule has 0 saturated carbocycles. The lowest BCUT2D eigenvalue weighted by molar-refractivity contribution is -0.116. The van der Waals surface area contributed by atoms with E-state index in [1.807, 2.05) is 37.3 Å². The highest BCUT2D eigenvalue weighted by Gasteiger charge is 2.35. The Bertz CT molecular complexity index is 1390. The molecule has 9 nitrogen and oxygen atoms in total. The van der Waals surface area contributed by atoms with Gasteiger partial charge >= 0.3 is 0 Å². The van der Waals surface area contributed by atoms with Crippen molar-refractivity contribution in [3.05, 3.63) is 70.5 Å². The molecule has 0 saturated heterocycles. The van der Waals surface area contributed by atoms with E-state index < -0.39 is 0 Å². The zero-order valence-electron chi connectivity index (χ0n) is 18.7. The first-order valence-electron chi connectivity index (χ1n) is 10.6. The SMILES string of the molecule is COc1ccc(C2CC(=O)Nc3c2c(C)nn3-c2nncc(-c3ccc(Cl)cc3)n2)c(OC)c1. The third-order valence-corrected chi connectivity index (χ3v) is 6.05. The van der Waals surface area contributed by atoms with Crippen molar-refractivity contribution in [1.29, 1.82) is 0 Å². The van der Waals surface area contributed by atoms with Crippen molar-refractivity contribution in [3.63, 3.8) is 0 Å². The number of anilines is 1. The summed E-state index contributed by atoms with van der Waals surface area (Å²) < 4.78 is 12.5. The first-order chi connectivity index (χ1) is 16.5. The number of nitrogens with zero attached hydrogens (tertiary/aromatic N) is 5. The van der Waals surface area contributed by atoms with E-state index in [-0.39, 0.29) is 24.2 Å². The maximum atomic E-state index is 12.8. The molecule has 5 rings (SSSR count). The maximum absolute atomic E-state index is 12.8. The van der Waals surface area contributed by atoms with E-state index in [1.165, 1.54) is 4.68 Å². The Labute approximate surface area is 200 Å². The van der Waals surface area contributed by atoms with Crippen LogP contribution in [-0.4, -0.2) is 45.1 Å². The van der Waals surface area contributed by atoms with E-state index in [0.717, 1.165) is 22.4 Å². The van der Waals surface area contributed by atoms with Gasteiger partial charge in [-0.2, -0.15) is 14.9 Å². The summed E-state index contributed by atoms with van der Waals surface area (Å²) in [5.41, 5.74) is 3.94. The van der Waals surface area contributed by atoms with E-state index in [0.29, 0.717) is 28.0 Å². The normalized spacial score (nSPS) is 14.9. The molecule has 1 N–H and O–H groups in total. The highest BCUT2D eigenvalue weighted by Crippen LogP contribution is 2.43. The fourth-order valence-corrected chi connectivity index (χ4v) is 4.33. The summed E-state index contributed by atoms with van der Waals surface area (Å²) >= 11 is 6.01. The molecule has 1 atom stereocenters. The number of rotatable bonds is 5. The van der Waals surface area contributed by atoms with Gasteiger partial charge in [0.1, 0.15) is 17.3 Å². The molecule has 1 unspecified atom stereocenters. The molecule has 4 aromatic rings. The van der Waals surface area contributed by atoms with Crippen molar-refractivity contribution in [2.75, 3.05) is 19.5 Å². The minimum atomic E-state index is -0.259. The van der Waals surface area contributed by atoms with Crippen LogP contribution < -0.4 is 14.8 Å². The van der Waals surface area contributed by atoms with Gasteiger partial charge in [0.15, 0.2) is 0 Å². The molecule has 2 aromatic carbocycles. The number of aromatic nitrogens is 5. The maximum Gasteiger partial charge on any atom is 0.272 e. The summed E-state index contributed by atoms with van der Waals surface area (Å²) in [6.45, 7) is 1.90. The Hall–Kier alpha value is -3.98. The first kappa shape index (κ1) is 21.8. The second-order valence-electron chi connectivity index (χ2n) is 7.82. The van der Waals surface area contributed by atoms with Gasteiger partial charge in [-0.15, -0.1) is 5.10 Å². The smallest absolute Gasteiger partial charge is 0.272 e. The molecule has 0 radical (unpaired) electrons. The van der Waals surface area contributed by atoms with Gasteiger partial charge < -0.3 is 14.8 Å². The third kappa shape index (κ3) is 3.84. The molecular formula is C24H21ClN6O3. The molecule has 0 fully saturated rings. The number of amides is 1. The van der Waals surface area contributed by atoms with Crippen molar-refractivity contribution < 1.29 is 14.3 Å². The van der Waals surface area contributed by atoms with Gasteiger partial charge in [0.2, 0.25) is 5.91 Å². The van der Waals surface area contributed by atoms with Crippen molar-refractivity contribution in [1.82, 2.24) is 25.0 Å². The Morgan fingerprint density at radius 3 is 2.65 bits per heavy atom. The van der Waals surface area contributed by atoms with Crippen molar-refractivity contribution in [2.45, 2.75) is 19.3 Å². The second kappa shape index (κ2) is 8.75. The van der Waals surface area contributed by atoms with Crippen LogP contribution in [0.5, 0.6) is 11.5 Å². The number of aryl methyl sites for hydroxylation is 1. The number of ether oxygens (including phenoxy) is 2. The Morgan fingerprint density at radius 1 is 1.12 bits per heavy atom. The molecule has 1 aliphatic rings. The molecule has 172 valence electrons. The van der Waals surface area contributed by atoms with Crippen molar-refractivity contribution in [3.8, 4) is 28.7 Å². The minimum absolute atomic E-state index is 0.140. The largest absolute Gasteiger partial charge is 0.497 e. The second-order valence-corrected chi connectivity index (χ2v) is 8.26. The topological polar surface area (TPSA) is 104 Å². The number of benzene rings is 2. The minimum Gasteiger partial charge on any atom is -0.497 e. The summed E-state index contributed by atoms with van der Waals surface area (Å²) in [4.78, 5) is 17.4. The average Bonchev–Trinajstić information content (AvgIpc) is 3.19. The molecule has 1 aliphatic heterocycles. The van der Waals surface area contributed by atoms with E-state index in [4.69, 9.17) is 21.1 Å². The van der Waals surface area contributed by atoms with Crippen molar-refractivity contribution in [2.24, 2.45) is 0 Å². The third-order valence-electron chi connectivity index (χ3n) is 5.80. The number of hydrogen-bond donors (Lipinski definition) is 1. The lowest BCUT2D eigenvalue weighted by Gasteiger charge is -2.25. The molecule has 0 aliphatic carbocycles. The monoisotopic (exact) mass is 476 g/mol. The van der Waals surface area contributed by atoms with Gasteiger partial charge in [-0.05, 0) is 25.1 Å². The Balaban J connectivity index is 1.61. The highest BCUT2D eigenvalue weighted by molar-refractivity contribution is 6.30. The average molecular weight is 477 g/mol. The lowest BCUT2D eigenvalue weighted by atomic mass is 9.85. The number of carbonyl (C=O) groups is 1. The van der Waals surface area contributed by atoms with Gasteiger partial charge in [-0.1, -0.05) is 29.8 Å². The van der Waals surface area contributed by atoms with Gasteiger partial charge in [-0.25, -0.2) is 4.98 Å². The number of nitrogens with one attached hydrogen (secondary N) is 1. The zero-order chi connectivity index (χ0) is 23.8. The molecule has 1 amide bonds. The zero-order valence-corrected chi connectivity index (χ0v) is 19.5. The molecule has 3 heterocycles. The van der Waals surface area contributed by atoms with Gasteiger partial charge in [0.25, 0.3) is 5.95 Å². The summed E-state index contributed by atoms with van der Waals surface area (Å²) in [6.07, 6.45) is 1.82. The summed E-state index contributed by atoms with van der Waals surface area (Å²) in [5.74, 6) is 1.68. The van der Waals surface area contributed by atoms with E-state index in [9.17, 15) is 4.79 Å². The number of hydrogen-bond acceptors (Lipinski definition) is 7. The molecule has 0 bridgehead atoms. The predicted molar refractivity (Wildman–Crippen MR) is 127 cm³/mol. The number of carbonyl (C=O) groups excluding carboxylic acids is 1. The van der Waals surface area contributed by atoms with Crippen LogP contribution in [0.3, 0.4) is 0 Å². The highest BCUT2D eigenvalue weighted by atomic mass is 35.5. The van der Waals surface area contributed by atoms with Crippen LogP contribution in [0.25, 0.3) is 17.2 Å². The summed E-state index contributed by atoms with van der Waals surface area (Å²) in [5, 5.41) is 16.5. The summed E-state index contributed by atoms with van der Waals surface area (Å²) in [7, 11) is 3.20. The molecular weight excluding hydrogens is 456 g/mol.